The summed E-state index contributed by atoms with van der Waals surface area (Å²) >= 11 is 7.37. The number of unbranched alkanes of at least 4 members (excludes halogenated alkanes) is 1. The van der Waals surface area contributed by atoms with Gasteiger partial charge in [0.1, 0.15) is 5.69 Å². The van der Waals surface area contributed by atoms with E-state index in [2.05, 4.69) is 53.7 Å². The van der Waals surface area contributed by atoms with E-state index in [0.29, 0.717) is 17.6 Å². The molecule has 0 N–H and O–H groups in total. The van der Waals surface area contributed by atoms with Gasteiger partial charge in [-0.05, 0) is 53.9 Å². The molecule has 3 nitrogen and oxygen atoms in total. The normalized spacial score (nSPS) is 16.0. The van der Waals surface area contributed by atoms with Crippen LogP contribution in [-0.4, -0.2) is 17.6 Å². The number of thiophene rings is 3. The minimum atomic E-state index is -0.336. The van der Waals surface area contributed by atoms with Gasteiger partial charge in [0.25, 0.3) is 0 Å². The Labute approximate surface area is 197 Å². The van der Waals surface area contributed by atoms with E-state index in [1.54, 1.807) is 28.9 Å². The monoisotopic (exact) mass is 483 g/mol. The highest BCUT2D eigenvalue weighted by atomic mass is 32.2. The third-order valence-corrected chi connectivity index (χ3v) is 10.1. The molecule has 0 spiro atoms. The molecule has 4 aromatic rings. The van der Waals surface area contributed by atoms with Crippen molar-refractivity contribution in [2.24, 2.45) is 0 Å². The van der Waals surface area contributed by atoms with Gasteiger partial charge >= 0.3 is 5.97 Å². The fraction of sp³-hybridized carbons (Fsp3) is 0.250. The number of hydrogen-bond donors (Lipinski definition) is 0. The maximum Gasteiger partial charge on any atom is 0.356 e. The summed E-state index contributed by atoms with van der Waals surface area (Å²) < 4.78 is 6.40. The average Bonchev–Trinajstić information content (AvgIpc) is 3.57. The van der Waals surface area contributed by atoms with Crippen molar-refractivity contribution in [3.63, 3.8) is 0 Å². The van der Waals surface area contributed by atoms with Gasteiger partial charge in [0.05, 0.1) is 11.3 Å². The Bertz CT molecular complexity index is 1240. The molecular formula is C24H21NO2S4. The number of allylic oxidation sites excluding steroid dienone is 1. The first-order valence-corrected chi connectivity index (χ1v) is 13.7. The number of aromatic nitrogens is 1. The van der Waals surface area contributed by atoms with Crippen LogP contribution in [0.1, 0.15) is 51.7 Å². The molecule has 0 saturated heterocycles. The molecule has 1 aliphatic heterocycles. The molecule has 0 amide bonds. The largest absolute Gasteiger partial charge is 0.461 e. The van der Waals surface area contributed by atoms with E-state index in [1.165, 1.54) is 24.4 Å². The molecule has 31 heavy (non-hydrogen) atoms. The molecule has 0 aliphatic carbocycles. The molecule has 0 aromatic carbocycles. The highest BCUT2D eigenvalue weighted by molar-refractivity contribution is 8.09. The second-order valence-electron chi connectivity index (χ2n) is 7.30. The number of pyridine rings is 1. The molecule has 5 heterocycles. The van der Waals surface area contributed by atoms with Crippen molar-refractivity contribution in [2.45, 2.75) is 31.4 Å². The van der Waals surface area contributed by atoms with Crippen molar-refractivity contribution in [1.29, 1.82) is 0 Å². The van der Waals surface area contributed by atoms with Crippen LogP contribution in [0.25, 0.3) is 24.7 Å². The second kappa shape index (κ2) is 9.28. The number of carbonyl (C=O) groups is 1. The van der Waals surface area contributed by atoms with Crippen molar-refractivity contribution in [3.05, 3.63) is 69.5 Å². The number of hydrogen-bond acceptors (Lipinski definition) is 7. The molecular weight excluding hydrogens is 463 g/mol. The Balaban J connectivity index is 1.29. The van der Waals surface area contributed by atoms with Gasteiger partial charge < -0.3 is 4.74 Å². The minimum absolute atomic E-state index is 0.336. The Morgan fingerprint density at radius 1 is 1.16 bits per heavy atom. The molecule has 1 aliphatic rings. The molecule has 158 valence electrons. The van der Waals surface area contributed by atoms with Crippen molar-refractivity contribution in [2.75, 3.05) is 6.61 Å². The Morgan fingerprint density at radius 3 is 2.94 bits per heavy atom. The number of rotatable bonds is 7. The van der Waals surface area contributed by atoms with Crippen LogP contribution in [0.2, 0.25) is 0 Å². The number of nitrogens with zero attached hydrogens (tertiary/aromatic N) is 1. The molecule has 7 heteroatoms. The topological polar surface area (TPSA) is 39.2 Å². The van der Waals surface area contributed by atoms with Crippen LogP contribution >= 0.6 is 45.8 Å². The van der Waals surface area contributed by atoms with Crippen LogP contribution < -0.4 is 0 Å². The van der Waals surface area contributed by atoms with E-state index < -0.39 is 0 Å². The number of ether oxygens (including phenoxy) is 1. The quantitative estimate of drug-likeness (QED) is 0.196. The lowest BCUT2D eigenvalue weighted by atomic mass is 10.2. The van der Waals surface area contributed by atoms with Gasteiger partial charge in [0.2, 0.25) is 0 Å². The van der Waals surface area contributed by atoms with Crippen LogP contribution in [0.3, 0.4) is 0 Å². The van der Waals surface area contributed by atoms with E-state index in [4.69, 9.17) is 4.74 Å². The van der Waals surface area contributed by atoms with Gasteiger partial charge in [0, 0.05) is 35.9 Å². The molecule has 0 bridgehead atoms. The lowest BCUT2D eigenvalue weighted by molar-refractivity contribution is 0.0493. The summed E-state index contributed by atoms with van der Waals surface area (Å²) in [6, 6.07) is 12.8. The van der Waals surface area contributed by atoms with Crippen molar-refractivity contribution >= 4 is 66.7 Å². The smallest absolute Gasteiger partial charge is 0.356 e. The standard InChI is InChI=1S/C24H21NO2S4/c1-2-3-10-27-24(26)16-12-15-13-22(31-23(15)14-25-16)21-9-8-20(30-21)19-7-6-18(29-19)17-5-4-11-28-17/h4-7,9,11-14,20H,2-3,8,10H2,1H3. The maximum atomic E-state index is 12.2. The molecule has 5 rings (SSSR count). The predicted molar refractivity (Wildman–Crippen MR) is 135 cm³/mol. The fourth-order valence-electron chi connectivity index (χ4n) is 3.44. The van der Waals surface area contributed by atoms with Crippen LogP contribution in [0, 0.1) is 0 Å². The molecule has 1 unspecified atom stereocenters. The number of thioether (sulfide) groups is 1. The highest BCUT2D eigenvalue weighted by Gasteiger charge is 2.24. The van der Waals surface area contributed by atoms with Crippen LogP contribution in [0.4, 0.5) is 0 Å². The lowest BCUT2D eigenvalue weighted by Crippen LogP contribution is -2.07. The van der Waals surface area contributed by atoms with E-state index in [-0.39, 0.29) is 5.97 Å². The first-order valence-electron chi connectivity index (χ1n) is 10.3. The van der Waals surface area contributed by atoms with Gasteiger partial charge in [-0.25, -0.2) is 9.78 Å². The second-order valence-corrected chi connectivity index (χ2v) is 11.7. The first kappa shape index (κ1) is 20.9. The summed E-state index contributed by atoms with van der Waals surface area (Å²) in [6.07, 6.45) is 7.07. The third-order valence-electron chi connectivity index (χ3n) is 5.08. The Hall–Kier alpha value is -1.93. The number of fused-ring (bicyclic) bond motifs is 1. The fourth-order valence-corrected chi connectivity index (χ4v) is 7.84. The first-order chi connectivity index (χ1) is 15.2. The number of esters is 1. The molecule has 1 atom stereocenters. The van der Waals surface area contributed by atoms with Gasteiger partial charge in [-0.3, -0.25) is 0 Å². The zero-order valence-electron chi connectivity index (χ0n) is 17.0. The van der Waals surface area contributed by atoms with Crippen molar-refractivity contribution in [1.82, 2.24) is 4.98 Å². The third kappa shape index (κ3) is 4.51. The van der Waals surface area contributed by atoms with E-state index in [0.717, 1.165) is 29.3 Å². The molecule has 4 aromatic heterocycles. The Morgan fingerprint density at radius 2 is 2.10 bits per heavy atom. The summed E-state index contributed by atoms with van der Waals surface area (Å²) in [5, 5.41) is 3.66. The average molecular weight is 484 g/mol. The molecule has 0 fully saturated rings. The number of carbonyl (C=O) groups excluding carboxylic acids is 1. The zero-order chi connectivity index (χ0) is 21.2. The lowest BCUT2D eigenvalue weighted by Gasteiger charge is -2.06. The highest BCUT2D eigenvalue weighted by Crippen LogP contribution is 2.52. The van der Waals surface area contributed by atoms with Gasteiger partial charge in [-0.15, -0.1) is 45.8 Å². The van der Waals surface area contributed by atoms with Crippen LogP contribution in [-0.2, 0) is 4.74 Å². The predicted octanol–water partition coefficient (Wildman–Crippen LogP) is 8.26. The van der Waals surface area contributed by atoms with Crippen molar-refractivity contribution < 1.29 is 9.53 Å². The summed E-state index contributed by atoms with van der Waals surface area (Å²) in [5.74, 6) is -0.336. The maximum absolute atomic E-state index is 12.2. The summed E-state index contributed by atoms with van der Waals surface area (Å²) in [7, 11) is 0. The van der Waals surface area contributed by atoms with E-state index >= 15 is 0 Å². The van der Waals surface area contributed by atoms with E-state index in [1.807, 2.05) is 29.2 Å². The molecule has 0 saturated carbocycles. The van der Waals surface area contributed by atoms with Gasteiger partial charge in [-0.2, -0.15) is 0 Å². The Kier molecular flexibility index (Phi) is 6.27. The SMILES string of the molecule is CCCCOC(=O)c1cc2cc(C3=CCC(c4ccc(-c5cccs5)s4)S3)sc2cn1. The van der Waals surface area contributed by atoms with E-state index in [9.17, 15) is 4.79 Å². The zero-order valence-corrected chi connectivity index (χ0v) is 20.3. The summed E-state index contributed by atoms with van der Waals surface area (Å²) in [4.78, 5) is 23.2. The summed E-state index contributed by atoms with van der Waals surface area (Å²) in [5.41, 5.74) is 0.388. The molecule has 0 radical (unpaired) electrons. The minimum Gasteiger partial charge on any atom is -0.461 e. The van der Waals surface area contributed by atoms with Gasteiger partial charge in [0.15, 0.2) is 0 Å². The van der Waals surface area contributed by atoms with Gasteiger partial charge in [-0.1, -0.05) is 25.5 Å². The van der Waals surface area contributed by atoms with Crippen LogP contribution in [0.15, 0.2) is 54.1 Å². The van der Waals surface area contributed by atoms with Crippen molar-refractivity contribution in [3.8, 4) is 9.75 Å². The van der Waals surface area contributed by atoms with Crippen LogP contribution in [0.5, 0.6) is 0 Å². The summed E-state index contributed by atoms with van der Waals surface area (Å²) in [6.45, 7) is 2.53.